The lowest BCUT2D eigenvalue weighted by Gasteiger charge is -2.19. The van der Waals surface area contributed by atoms with Gasteiger partial charge in [-0.2, -0.15) is 0 Å². The molecule has 0 bridgehead atoms. The molecule has 0 unspecified atom stereocenters. The second kappa shape index (κ2) is 5.77. The molecule has 5 heteroatoms. The molecule has 4 nitrogen and oxygen atoms in total. The first-order chi connectivity index (χ1) is 9.36. The maximum atomic E-state index is 9.11. The Balaban J connectivity index is 1.70. The largest absolute Gasteiger partial charge is 0.395 e. The van der Waals surface area contributed by atoms with Crippen molar-refractivity contribution in [3.8, 4) is 10.7 Å². The van der Waals surface area contributed by atoms with Crippen LogP contribution in [-0.4, -0.2) is 39.2 Å². The number of nitrogens with zero attached hydrogens (tertiary/aromatic N) is 3. The summed E-state index contributed by atoms with van der Waals surface area (Å²) in [4.78, 5) is 11.3. The Labute approximate surface area is 116 Å². The van der Waals surface area contributed by atoms with Gasteiger partial charge in [0.2, 0.25) is 0 Å². The highest BCUT2D eigenvalue weighted by Gasteiger charge is 2.28. The van der Waals surface area contributed by atoms with E-state index in [0.29, 0.717) is 6.04 Å². The van der Waals surface area contributed by atoms with Crippen molar-refractivity contribution >= 4 is 11.3 Å². The van der Waals surface area contributed by atoms with Gasteiger partial charge in [-0.05, 0) is 25.0 Å². The van der Waals surface area contributed by atoms with Gasteiger partial charge in [0.05, 0.1) is 18.0 Å². The van der Waals surface area contributed by atoms with Crippen molar-refractivity contribution in [1.29, 1.82) is 0 Å². The molecule has 1 aliphatic rings. The molecule has 1 fully saturated rings. The van der Waals surface area contributed by atoms with Crippen LogP contribution in [0.2, 0.25) is 0 Å². The fraction of sp³-hybridized carbons (Fsp3) is 0.429. The summed E-state index contributed by atoms with van der Waals surface area (Å²) in [6.07, 6.45) is 4.28. The monoisotopic (exact) mass is 275 g/mol. The molecule has 1 aliphatic carbocycles. The summed E-state index contributed by atoms with van der Waals surface area (Å²) in [5.41, 5.74) is 2.00. The predicted octanol–water partition coefficient (Wildman–Crippen LogP) is 2.16. The van der Waals surface area contributed by atoms with Crippen LogP contribution >= 0.6 is 11.3 Å². The van der Waals surface area contributed by atoms with E-state index >= 15 is 0 Å². The van der Waals surface area contributed by atoms with Crippen LogP contribution < -0.4 is 0 Å². The molecule has 19 heavy (non-hydrogen) atoms. The molecule has 2 aromatic heterocycles. The van der Waals surface area contributed by atoms with E-state index in [9.17, 15) is 0 Å². The summed E-state index contributed by atoms with van der Waals surface area (Å²) in [5.74, 6) is 0. The normalized spacial score (nSPS) is 15.1. The highest BCUT2D eigenvalue weighted by molar-refractivity contribution is 7.13. The van der Waals surface area contributed by atoms with Crippen LogP contribution in [0, 0.1) is 0 Å². The second-order valence-corrected chi connectivity index (χ2v) is 5.64. The number of hydrogen-bond donors (Lipinski definition) is 1. The van der Waals surface area contributed by atoms with Gasteiger partial charge in [-0.3, -0.25) is 9.88 Å². The Morgan fingerprint density at radius 3 is 2.95 bits per heavy atom. The van der Waals surface area contributed by atoms with Crippen LogP contribution in [0.3, 0.4) is 0 Å². The number of aromatic nitrogens is 2. The molecule has 1 N–H and O–H groups in total. The van der Waals surface area contributed by atoms with E-state index in [1.165, 1.54) is 12.8 Å². The van der Waals surface area contributed by atoms with Gasteiger partial charge in [0.1, 0.15) is 5.01 Å². The van der Waals surface area contributed by atoms with Crippen molar-refractivity contribution in [2.24, 2.45) is 0 Å². The Kier molecular flexibility index (Phi) is 3.87. The first kappa shape index (κ1) is 12.7. The average Bonchev–Trinajstić information content (AvgIpc) is 3.19. The van der Waals surface area contributed by atoms with Crippen molar-refractivity contribution in [3.63, 3.8) is 0 Å². The summed E-state index contributed by atoms with van der Waals surface area (Å²) in [6, 6.07) is 6.52. The van der Waals surface area contributed by atoms with Gasteiger partial charge in [-0.15, -0.1) is 11.3 Å². The minimum atomic E-state index is 0.216. The molecule has 2 aromatic rings. The lowest BCUT2D eigenvalue weighted by Crippen LogP contribution is -2.28. The van der Waals surface area contributed by atoms with Crippen LogP contribution in [0.25, 0.3) is 10.7 Å². The SMILES string of the molecule is OCCN(Cc1csc(-c2ccccn2)n1)C1CC1. The van der Waals surface area contributed by atoms with E-state index in [1.54, 1.807) is 17.5 Å². The maximum absolute atomic E-state index is 9.11. The van der Waals surface area contributed by atoms with Gasteiger partial charge >= 0.3 is 0 Å². The van der Waals surface area contributed by atoms with E-state index in [0.717, 1.165) is 29.5 Å². The Morgan fingerprint density at radius 2 is 2.26 bits per heavy atom. The molecule has 100 valence electrons. The average molecular weight is 275 g/mol. The van der Waals surface area contributed by atoms with Crippen LogP contribution in [-0.2, 0) is 6.54 Å². The predicted molar refractivity (Wildman–Crippen MR) is 75.9 cm³/mol. The summed E-state index contributed by atoms with van der Waals surface area (Å²) in [6.45, 7) is 1.78. The third kappa shape index (κ3) is 3.18. The Hall–Kier alpha value is -1.30. The minimum Gasteiger partial charge on any atom is -0.395 e. The van der Waals surface area contributed by atoms with Gasteiger partial charge in [0.15, 0.2) is 0 Å². The van der Waals surface area contributed by atoms with Gasteiger partial charge < -0.3 is 5.11 Å². The maximum Gasteiger partial charge on any atom is 0.142 e. The topological polar surface area (TPSA) is 49.2 Å². The lowest BCUT2D eigenvalue weighted by molar-refractivity contribution is 0.182. The van der Waals surface area contributed by atoms with E-state index in [1.807, 2.05) is 18.2 Å². The summed E-state index contributed by atoms with van der Waals surface area (Å²) >= 11 is 1.63. The first-order valence-corrected chi connectivity index (χ1v) is 7.45. The molecule has 0 aromatic carbocycles. The molecule has 0 spiro atoms. The number of pyridine rings is 1. The van der Waals surface area contributed by atoms with Crippen molar-refractivity contribution < 1.29 is 5.11 Å². The Bertz CT molecular complexity index is 524. The van der Waals surface area contributed by atoms with E-state index in [-0.39, 0.29) is 6.61 Å². The van der Waals surface area contributed by atoms with Crippen LogP contribution in [0.1, 0.15) is 18.5 Å². The van der Waals surface area contributed by atoms with Crippen molar-refractivity contribution in [3.05, 3.63) is 35.5 Å². The third-order valence-corrected chi connectivity index (χ3v) is 4.16. The third-order valence-electron chi connectivity index (χ3n) is 3.25. The van der Waals surface area contributed by atoms with Crippen molar-refractivity contribution in [1.82, 2.24) is 14.9 Å². The fourth-order valence-corrected chi connectivity index (χ4v) is 2.94. The van der Waals surface area contributed by atoms with E-state index < -0.39 is 0 Å². The number of thiazole rings is 1. The second-order valence-electron chi connectivity index (χ2n) is 4.78. The van der Waals surface area contributed by atoms with Gasteiger partial charge in [0, 0.05) is 30.7 Å². The van der Waals surface area contributed by atoms with Gasteiger partial charge in [-0.25, -0.2) is 4.98 Å². The molecule has 2 heterocycles. The van der Waals surface area contributed by atoms with Crippen molar-refractivity contribution in [2.45, 2.75) is 25.4 Å². The molecule has 0 aliphatic heterocycles. The van der Waals surface area contributed by atoms with Crippen LogP contribution in [0.15, 0.2) is 29.8 Å². The molecular weight excluding hydrogens is 258 g/mol. The van der Waals surface area contributed by atoms with E-state index in [4.69, 9.17) is 5.11 Å². The quantitative estimate of drug-likeness (QED) is 0.877. The molecular formula is C14H17N3OS. The number of rotatable bonds is 6. The van der Waals surface area contributed by atoms with Crippen LogP contribution in [0.5, 0.6) is 0 Å². The van der Waals surface area contributed by atoms with Crippen LogP contribution in [0.4, 0.5) is 0 Å². The fourth-order valence-electron chi connectivity index (χ4n) is 2.15. The summed E-state index contributed by atoms with van der Waals surface area (Å²) in [7, 11) is 0. The zero-order chi connectivity index (χ0) is 13.1. The number of aliphatic hydroxyl groups is 1. The first-order valence-electron chi connectivity index (χ1n) is 6.57. The van der Waals surface area contributed by atoms with Crippen molar-refractivity contribution in [2.75, 3.05) is 13.2 Å². The molecule has 1 saturated carbocycles. The summed E-state index contributed by atoms with van der Waals surface area (Å²) < 4.78 is 0. The molecule has 0 saturated heterocycles. The minimum absolute atomic E-state index is 0.216. The van der Waals surface area contributed by atoms with Gasteiger partial charge in [-0.1, -0.05) is 6.07 Å². The molecule has 0 atom stereocenters. The smallest absolute Gasteiger partial charge is 0.142 e. The number of aliphatic hydroxyl groups excluding tert-OH is 1. The molecule has 3 rings (SSSR count). The molecule has 0 amide bonds. The number of hydrogen-bond acceptors (Lipinski definition) is 5. The van der Waals surface area contributed by atoms with Gasteiger partial charge in [0.25, 0.3) is 0 Å². The highest BCUT2D eigenvalue weighted by Crippen LogP contribution is 2.29. The standard InChI is InChI=1S/C14H17N3OS/c18-8-7-17(12-4-5-12)9-11-10-19-14(16-11)13-3-1-2-6-15-13/h1-3,6,10,12,18H,4-5,7-9H2. The zero-order valence-electron chi connectivity index (χ0n) is 10.7. The lowest BCUT2D eigenvalue weighted by atomic mass is 10.3. The van der Waals surface area contributed by atoms with E-state index in [2.05, 4.69) is 20.2 Å². The summed E-state index contributed by atoms with van der Waals surface area (Å²) in [5, 5.41) is 12.2. The highest BCUT2D eigenvalue weighted by atomic mass is 32.1. The Morgan fingerprint density at radius 1 is 1.37 bits per heavy atom. The molecule has 0 radical (unpaired) electrons. The zero-order valence-corrected chi connectivity index (χ0v) is 11.5.